The number of hydrogen-bond acceptors (Lipinski definition) is 6. The number of hydrogen-bond donors (Lipinski definition) is 1. The van der Waals surface area contributed by atoms with Crippen LogP contribution in [0.1, 0.15) is 67.7 Å². The molecule has 2 aliphatic heterocycles. The van der Waals surface area contributed by atoms with Gasteiger partial charge < -0.3 is 28.5 Å². The van der Waals surface area contributed by atoms with Gasteiger partial charge in [-0.05, 0) is 58.7 Å². The Hall–Kier alpha value is -0.0231. The third kappa shape index (κ3) is 4.76. The first kappa shape index (κ1) is 23.6. The third-order valence-electron chi connectivity index (χ3n) is 7.03. The van der Waals surface area contributed by atoms with Crippen molar-refractivity contribution in [2.24, 2.45) is 5.92 Å². The van der Waals surface area contributed by atoms with Crippen LogP contribution < -0.4 is 0 Å². The lowest BCUT2D eigenvalue weighted by Crippen LogP contribution is -2.60. The molecule has 2 heterocycles. The van der Waals surface area contributed by atoms with Gasteiger partial charge in [0.25, 0.3) is 0 Å². The normalized spacial score (nSPS) is 38.7. The molecule has 6 atom stereocenters. The number of unbranched alkanes of at least 4 members (excludes halogenated alkanes) is 1. The summed E-state index contributed by atoms with van der Waals surface area (Å²) in [5.41, 5.74) is 0. The van der Waals surface area contributed by atoms with Crippen LogP contribution in [0.3, 0.4) is 0 Å². The van der Waals surface area contributed by atoms with E-state index in [1.165, 1.54) is 0 Å². The molecular formula is C22H42O6Si. The largest absolute Gasteiger partial charge is 0.432 e. The van der Waals surface area contributed by atoms with E-state index in [-0.39, 0.29) is 41.5 Å². The Balaban J connectivity index is 1.94. The van der Waals surface area contributed by atoms with Crippen molar-refractivity contribution in [2.75, 3.05) is 6.61 Å². The smallest absolute Gasteiger partial charge is 0.188 e. The minimum Gasteiger partial charge on any atom is -0.432 e. The Morgan fingerprint density at radius 2 is 1.34 bits per heavy atom. The fourth-order valence-corrected chi connectivity index (χ4v) is 5.54. The summed E-state index contributed by atoms with van der Waals surface area (Å²) in [5.74, 6) is -1.29. The molecule has 0 radical (unpaired) electrons. The standard InChI is InChI=1S/C22H42O6Si/c1-10-11-12-24-17-18-15(25-21(4,5)27-18)14(13-20(2,3)29(8,9)23)16-19(17)28-22(6,7)26-16/h14-19,23H,10-13H2,1-9H3/t14-,15-,16-,17-,18+,19-/m0/s1. The molecule has 0 aromatic carbocycles. The predicted molar refractivity (Wildman–Crippen MR) is 114 cm³/mol. The molecule has 2 saturated heterocycles. The van der Waals surface area contributed by atoms with Gasteiger partial charge in [-0.3, -0.25) is 0 Å². The molecule has 0 spiro atoms. The molecule has 0 aromatic rings. The highest BCUT2D eigenvalue weighted by Crippen LogP contribution is 2.53. The van der Waals surface area contributed by atoms with E-state index in [4.69, 9.17) is 23.7 Å². The van der Waals surface area contributed by atoms with Crippen molar-refractivity contribution in [3.8, 4) is 0 Å². The van der Waals surface area contributed by atoms with Crippen LogP contribution in [0, 0.1) is 5.92 Å². The van der Waals surface area contributed by atoms with Crippen molar-refractivity contribution in [1.82, 2.24) is 0 Å². The van der Waals surface area contributed by atoms with E-state index < -0.39 is 19.9 Å². The van der Waals surface area contributed by atoms with Crippen LogP contribution in [0.15, 0.2) is 0 Å². The Kier molecular flexibility index (Phi) is 6.39. The number of fused-ring (bicyclic) bond motifs is 2. The van der Waals surface area contributed by atoms with Crippen LogP contribution in [0.5, 0.6) is 0 Å². The average molecular weight is 431 g/mol. The Morgan fingerprint density at radius 3 is 1.76 bits per heavy atom. The van der Waals surface area contributed by atoms with E-state index in [2.05, 4.69) is 20.8 Å². The van der Waals surface area contributed by atoms with Gasteiger partial charge in [-0.25, -0.2) is 0 Å². The molecule has 1 N–H and O–H groups in total. The lowest BCUT2D eigenvalue weighted by atomic mass is 9.74. The van der Waals surface area contributed by atoms with Crippen LogP contribution in [0.4, 0.5) is 0 Å². The fourth-order valence-electron chi connectivity index (χ4n) is 4.80. The summed E-state index contributed by atoms with van der Waals surface area (Å²) in [6, 6.07) is 0. The number of rotatable bonds is 7. The molecule has 1 aliphatic carbocycles. The molecule has 0 aromatic heterocycles. The lowest BCUT2D eigenvalue weighted by molar-refractivity contribution is -0.188. The highest BCUT2D eigenvalue weighted by atomic mass is 28.4. The van der Waals surface area contributed by atoms with Crippen LogP contribution in [0.25, 0.3) is 0 Å². The summed E-state index contributed by atoms with van der Waals surface area (Å²) in [7, 11) is -2.40. The highest BCUT2D eigenvalue weighted by Gasteiger charge is 2.64. The zero-order valence-corrected chi connectivity index (χ0v) is 20.8. The monoisotopic (exact) mass is 430 g/mol. The van der Waals surface area contributed by atoms with Gasteiger partial charge in [-0.15, -0.1) is 0 Å². The van der Waals surface area contributed by atoms with Gasteiger partial charge in [0.05, 0.1) is 12.2 Å². The highest BCUT2D eigenvalue weighted by molar-refractivity contribution is 6.72. The van der Waals surface area contributed by atoms with Crippen molar-refractivity contribution in [3.63, 3.8) is 0 Å². The lowest BCUT2D eigenvalue weighted by Gasteiger charge is -2.47. The molecule has 6 nitrogen and oxygen atoms in total. The van der Waals surface area contributed by atoms with E-state index in [1.54, 1.807) is 0 Å². The average Bonchev–Trinajstić information content (AvgIpc) is 3.04. The van der Waals surface area contributed by atoms with E-state index in [0.717, 1.165) is 19.3 Å². The van der Waals surface area contributed by atoms with Gasteiger partial charge in [0.15, 0.2) is 19.9 Å². The van der Waals surface area contributed by atoms with E-state index in [1.807, 2.05) is 40.8 Å². The predicted octanol–water partition coefficient (Wildman–Crippen LogP) is 4.21. The second-order valence-electron chi connectivity index (χ2n) is 11.1. The van der Waals surface area contributed by atoms with Gasteiger partial charge >= 0.3 is 0 Å². The molecule has 7 heteroatoms. The molecule has 29 heavy (non-hydrogen) atoms. The SMILES string of the molecule is CCCCO[C@@H]1[C@H]2OC(C)(C)O[C@H]2[C@@H](CC(C)(C)[Si](C)(C)O)[C@@H]2OC(C)(C)O[C@@H]12. The molecule has 0 bridgehead atoms. The van der Waals surface area contributed by atoms with Crippen LogP contribution >= 0.6 is 0 Å². The minimum atomic E-state index is -2.40. The molecule has 170 valence electrons. The van der Waals surface area contributed by atoms with Crippen molar-refractivity contribution >= 4 is 8.32 Å². The van der Waals surface area contributed by atoms with Crippen molar-refractivity contribution in [1.29, 1.82) is 0 Å². The summed E-state index contributed by atoms with van der Waals surface area (Å²) in [5, 5.41) is -0.200. The molecule has 3 fully saturated rings. The summed E-state index contributed by atoms with van der Waals surface area (Å²) in [6.07, 6.45) is 1.95. The van der Waals surface area contributed by atoms with Gasteiger partial charge in [0.1, 0.15) is 18.3 Å². The maximum Gasteiger partial charge on any atom is 0.188 e. The van der Waals surface area contributed by atoms with Crippen molar-refractivity contribution in [3.05, 3.63) is 0 Å². The fraction of sp³-hybridized carbons (Fsp3) is 1.00. The molecule has 0 amide bonds. The Labute approximate surface area is 177 Å². The molecular weight excluding hydrogens is 388 g/mol. The molecule has 0 unspecified atom stereocenters. The second-order valence-corrected chi connectivity index (χ2v) is 15.6. The summed E-state index contributed by atoms with van der Waals surface area (Å²) in [4.78, 5) is 10.9. The minimum absolute atomic E-state index is 0.0634. The maximum atomic E-state index is 10.9. The quantitative estimate of drug-likeness (QED) is 0.482. The zero-order chi connectivity index (χ0) is 21.8. The molecule has 3 rings (SSSR count). The Morgan fingerprint density at radius 1 is 0.897 bits per heavy atom. The van der Waals surface area contributed by atoms with Crippen molar-refractivity contribution in [2.45, 2.75) is 128 Å². The maximum absolute atomic E-state index is 10.9. The van der Waals surface area contributed by atoms with E-state index in [0.29, 0.717) is 6.61 Å². The van der Waals surface area contributed by atoms with E-state index in [9.17, 15) is 4.80 Å². The molecule has 1 saturated carbocycles. The summed E-state index contributed by atoms with van der Waals surface area (Å²) >= 11 is 0. The second kappa shape index (κ2) is 7.83. The third-order valence-corrected chi connectivity index (χ3v) is 10.5. The Bertz CT molecular complexity index is 552. The first-order valence-electron chi connectivity index (χ1n) is 11.2. The topological polar surface area (TPSA) is 66.4 Å². The van der Waals surface area contributed by atoms with Gasteiger partial charge in [-0.2, -0.15) is 0 Å². The number of ether oxygens (including phenoxy) is 5. The van der Waals surface area contributed by atoms with Crippen LogP contribution in [0.2, 0.25) is 18.1 Å². The first-order chi connectivity index (χ1) is 13.2. The first-order valence-corrected chi connectivity index (χ1v) is 14.2. The van der Waals surface area contributed by atoms with Crippen LogP contribution in [-0.2, 0) is 23.7 Å². The van der Waals surface area contributed by atoms with Crippen LogP contribution in [-0.4, -0.2) is 61.8 Å². The van der Waals surface area contributed by atoms with Gasteiger partial charge in [0.2, 0.25) is 0 Å². The van der Waals surface area contributed by atoms with Gasteiger partial charge in [-0.1, -0.05) is 27.2 Å². The summed E-state index contributed by atoms with van der Waals surface area (Å²) < 4.78 is 31.9. The van der Waals surface area contributed by atoms with Crippen molar-refractivity contribution < 1.29 is 28.5 Å². The summed E-state index contributed by atoms with van der Waals surface area (Å²) in [6.45, 7) is 19.0. The zero-order valence-electron chi connectivity index (χ0n) is 19.8. The van der Waals surface area contributed by atoms with Gasteiger partial charge in [0, 0.05) is 12.5 Å². The van der Waals surface area contributed by atoms with E-state index >= 15 is 0 Å². The molecule has 3 aliphatic rings.